The Morgan fingerprint density at radius 3 is 1.17 bits per heavy atom. The van der Waals surface area contributed by atoms with Gasteiger partial charge in [0.2, 0.25) is 0 Å². The van der Waals surface area contributed by atoms with E-state index in [9.17, 15) is 0 Å². The van der Waals surface area contributed by atoms with E-state index in [1.807, 2.05) is 0 Å². The van der Waals surface area contributed by atoms with E-state index < -0.39 is 0 Å². The largest absolute Gasteiger partial charge is 0.0879 e. The molecule has 0 N–H and O–H groups in total. The molecule has 0 radical (unpaired) electrons. The molecule has 106 valence electrons. The number of rotatable bonds is 0. The van der Waals surface area contributed by atoms with Crippen molar-refractivity contribution in [3.05, 3.63) is 8.96 Å². The summed E-state index contributed by atoms with van der Waals surface area (Å²) in [7, 11) is 0. The molecule has 0 aliphatic heterocycles. The molecule has 0 saturated heterocycles. The fourth-order valence-electron chi connectivity index (χ4n) is 1.84. The Hall–Kier alpha value is 2.62. The Morgan fingerprint density at radius 1 is 0.556 bits per heavy atom. The molecule has 1 aliphatic carbocycles. The van der Waals surface area contributed by atoms with E-state index >= 15 is 0 Å². The summed E-state index contributed by atoms with van der Waals surface area (Å²) >= 11 is 22.6. The van der Waals surface area contributed by atoms with Crippen molar-refractivity contribution in [1.29, 1.82) is 0 Å². The van der Waals surface area contributed by atoms with E-state index in [0.717, 1.165) is 25.7 Å². The summed E-state index contributed by atoms with van der Waals surface area (Å²) in [6, 6.07) is 0. The minimum Gasteiger partial charge on any atom is -0.0879 e. The van der Waals surface area contributed by atoms with Crippen molar-refractivity contribution in [1.82, 2.24) is 0 Å². The first kappa shape index (κ1) is 18.7. The average molecular weight is 640 g/mol. The summed E-state index contributed by atoms with van der Waals surface area (Å²) in [5.74, 6) is 0. The van der Waals surface area contributed by atoms with Gasteiger partial charge in [0.1, 0.15) is 0 Å². The fourth-order valence-corrected chi connectivity index (χ4v) is 4.74. The molecule has 0 heterocycles. The lowest BCUT2D eigenvalue weighted by Gasteiger charge is -2.22. The van der Waals surface area contributed by atoms with Crippen molar-refractivity contribution < 1.29 is 0 Å². The standard InChI is InChI=1S/C12H16Br6/c13-7-1-2-8(14)10(16)5-6-12(18)11(17)4-3-9(7)15/h7-10H,1-6H2/b12-11-. The third-order valence-corrected chi connectivity index (χ3v) is 11.2. The summed E-state index contributed by atoms with van der Waals surface area (Å²) < 4.78 is 2.61. The van der Waals surface area contributed by atoms with Gasteiger partial charge in [-0.2, -0.15) is 0 Å². The summed E-state index contributed by atoms with van der Waals surface area (Å²) in [5.41, 5.74) is 0. The predicted molar refractivity (Wildman–Crippen MR) is 103 cm³/mol. The first-order chi connectivity index (χ1) is 8.41. The Balaban J connectivity index is 2.73. The van der Waals surface area contributed by atoms with Gasteiger partial charge in [0.25, 0.3) is 0 Å². The van der Waals surface area contributed by atoms with E-state index in [4.69, 9.17) is 0 Å². The Kier molecular flexibility index (Phi) is 9.96. The van der Waals surface area contributed by atoms with E-state index in [2.05, 4.69) is 95.6 Å². The van der Waals surface area contributed by atoms with Crippen LogP contribution in [0.25, 0.3) is 0 Å². The van der Waals surface area contributed by atoms with Gasteiger partial charge in [-0.1, -0.05) is 95.6 Å². The van der Waals surface area contributed by atoms with Crippen LogP contribution in [0.5, 0.6) is 0 Å². The summed E-state index contributed by atoms with van der Waals surface area (Å²) in [4.78, 5) is 2.13. The highest BCUT2D eigenvalue weighted by atomic mass is 79.9. The lowest BCUT2D eigenvalue weighted by molar-refractivity contribution is 0.615. The molecule has 0 spiro atoms. The van der Waals surface area contributed by atoms with Gasteiger partial charge in [0.15, 0.2) is 0 Å². The minimum atomic E-state index is 0.526. The van der Waals surface area contributed by atoms with E-state index in [0.29, 0.717) is 19.3 Å². The molecule has 0 aromatic carbocycles. The smallest absolute Gasteiger partial charge is 0.0274 e. The van der Waals surface area contributed by atoms with Gasteiger partial charge < -0.3 is 0 Å². The number of allylic oxidation sites excluding steroid dienone is 2. The van der Waals surface area contributed by atoms with Gasteiger partial charge in [-0.3, -0.25) is 0 Å². The monoisotopic (exact) mass is 634 g/mol. The van der Waals surface area contributed by atoms with Crippen LogP contribution in [0.2, 0.25) is 0 Å². The zero-order valence-electron chi connectivity index (χ0n) is 9.82. The molecular formula is C12H16Br6. The maximum atomic E-state index is 3.80. The van der Waals surface area contributed by atoms with Crippen molar-refractivity contribution in [2.45, 2.75) is 57.8 Å². The Morgan fingerprint density at radius 2 is 0.833 bits per heavy atom. The van der Waals surface area contributed by atoms with Gasteiger partial charge in [-0.05, 0) is 38.5 Å². The highest BCUT2D eigenvalue weighted by molar-refractivity contribution is 9.14. The molecule has 0 aromatic heterocycles. The van der Waals surface area contributed by atoms with E-state index in [-0.39, 0.29) is 0 Å². The second-order valence-electron chi connectivity index (χ2n) is 4.53. The van der Waals surface area contributed by atoms with Crippen LogP contribution in [0, 0.1) is 0 Å². The lowest BCUT2D eigenvalue weighted by Crippen LogP contribution is -2.20. The van der Waals surface area contributed by atoms with Crippen molar-refractivity contribution in [2.75, 3.05) is 0 Å². The SMILES string of the molecule is Br/C1=C(\Br)CCC(Br)C(Br)CCC(Br)C(Br)CC1. The molecule has 4 atom stereocenters. The molecule has 0 nitrogen and oxygen atoms in total. The molecule has 0 fully saturated rings. The first-order valence-electron chi connectivity index (χ1n) is 6.01. The number of hydrogen-bond acceptors (Lipinski definition) is 0. The second-order valence-corrected chi connectivity index (χ2v) is 11.1. The molecule has 18 heavy (non-hydrogen) atoms. The average Bonchev–Trinajstić information content (AvgIpc) is 2.36. The molecule has 6 heteroatoms. The molecule has 1 aliphatic rings. The summed E-state index contributed by atoms with van der Waals surface area (Å²) in [6.45, 7) is 0. The van der Waals surface area contributed by atoms with Crippen molar-refractivity contribution in [3.8, 4) is 0 Å². The second kappa shape index (κ2) is 9.60. The summed E-state index contributed by atoms with van der Waals surface area (Å²) in [6.07, 6.45) is 6.85. The van der Waals surface area contributed by atoms with Crippen LogP contribution in [0.1, 0.15) is 38.5 Å². The third kappa shape index (κ3) is 6.59. The van der Waals surface area contributed by atoms with Crippen LogP contribution in [0.4, 0.5) is 0 Å². The van der Waals surface area contributed by atoms with E-state index in [1.54, 1.807) is 0 Å². The molecule has 0 aromatic rings. The van der Waals surface area contributed by atoms with Gasteiger partial charge in [0.05, 0.1) is 0 Å². The molecule has 1 rings (SSSR count). The molecule has 0 amide bonds. The van der Waals surface area contributed by atoms with Crippen LogP contribution in [-0.4, -0.2) is 19.3 Å². The highest BCUT2D eigenvalue weighted by Crippen LogP contribution is 2.35. The predicted octanol–water partition coefficient (Wildman–Crippen LogP) is 7.40. The first-order valence-corrected chi connectivity index (χ1v) is 11.3. The van der Waals surface area contributed by atoms with Crippen molar-refractivity contribution >= 4 is 95.6 Å². The summed E-state index contributed by atoms with van der Waals surface area (Å²) in [5, 5.41) is 0. The maximum Gasteiger partial charge on any atom is 0.0274 e. The van der Waals surface area contributed by atoms with Crippen LogP contribution in [0.15, 0.2) is 8.96 Å². The molecule has 0 saturated carbocycles. The Labute approximate surface area is 160 Å². The van der Waals surface area contributed by atoms with Crippen LogP contribution >= 0.6 is 95.6 Å². The minimum absolute atomic E-state index is 0.526. The third-order valence-electron chi connectivity index (χ3n) is 3.08. The van der Waals surface area contributed by atoms with Crippen LogP contribution < -0.4 is 0 Å². The molecule has 0 bridgehead atoms. The Bertz CT molecular complexity index is 262. The highest BCUT2D eigenvalue weighted by Gasteiger charge is 2.22. The zero-order chi connectivity index (χ0) is 13.7. The molecular weight excluding hydrogens is 624 g/mol. The number of alkyl halides is 4. The quantitative estimate of drug-likeness (QED) is 0.243. The topological polar surface area (TPSA) is 0 Å². The van der Waals surface area contributed by atoms with Gasteiger partial charge in [-0.15, -0.1) is 0 Å². The van der Waals surface area contributed by atoms with Crippen molar-refractivity contribution in [2.24, 2.45) is 0 Å². The lowest BCUT2D eigenvalue weighted by atomic mass is 10.0. The zero-order valence-corrected chi connectivity index (χ0v) is 19.3. The fraction of sp³-hybridized carbons (Fsp3) is 0.833. The van der Waals surface area contributed by atoms with Crippen LogP contribution in [-0.2, 0) is 0 Å². The van der Waals surface area contributed by atoms with Gasteiger partial charge in [-0.25, -0.2) is 0 Å². The van der Waals surface area contributed by atoms with Gasteiger partial charge >= 0.3 is 0 Å². The van der Waals surface area contributed by atoms with Crippen LogP contribution in [0.3, 0.4) is 0 Å². The number of halogens is 6. The van der Waals surface area contributed by atoms with Gasteiger partial charge in [0, 0.05) is 28.3 Å². The molecule has 4 unspecified atom stereocenters. The normalized spacial score (nSPS) is 41.0. The maximum absolute atomic E-state index is 3.80. The number of hydrogen-bond donors (Lipinski definition) is 0. The van der Waals surface area contributed by atoms with Crippen molar-refractivity contribution in [3.63, 3.8) is 0 Å². The van der Waals surface area contributed by atoms with E-state index in [1.165, 1.54) is 21.8 Å².